The van der Waals surface area contributed by atoms with Gasteiger partial charge in [-0.3, -0.25) is 4.79 Å². The summed E-state index contributed by atoms with van der Waals surface area (Å²) in [5.74, 6) is 1.08. The van der Waals surface area contributed by atoms with Gasteiger partial charge in [0.15, 0.2) is 0 Å². The van der Waals surface area contributed by atoms with Gasteiger partial charge in [0.2, 0.25) is 0 Å². The van der Waals surface area contributed by atoms with Gasteiger partial charge >= 0.3 is 0 Å². The first kappa shape index (κ1) is 21.2. The first-order chi connectivity index (χ1) is 14.8. The fourth-order valence-corrected chi connectivity index (χ4v) is 5.00. The van der Waals surface area contributed by atoms with Crippen LogP contribution in [0.15, 0.2) is 53.1 Å². The van der Waals surface area contributed by atoms with Crippen LogP contribution in [0.2, 0.25) is 0 Å². The Hall–Kier alpha value is -3.08. The minimum absolute atomic E-state index is 0.0903. The van der Waals surface area contributed by atoms with Crippen LogP contribution in [0.5, 0.6) is 5.75 Å². The topological polar surface area (TPSA) is 45.1 Å². The molecule has 0 aliphatic carbocycles. The first-order valence-corrected chi connectivity index (χ1v) is 10.9. The summed E-state index contributed by atoms with van der Waals surface area (Å²) in [6.07, 6.45) is 3.00. The van der Waals surface area contributed by atoms with Crippen LogP contribution in [-0.2, 0) is 4.79 Å². The molecule has 0 fully saturated rings. The Morgan fingerprint density at radius 2 is 1.94 bits per heavy atom. The van der Waals surface area contributed by atoms with Crippen molar-refractivity contribution in [2.75, 3.05) is 23.6 Å². The van der Waals surface area contributed by atoms with Gasteiger partial charge in [0.05, 0.1) is 24.1 Å². The largest absolute Gasteiger partial charge is 0.496 e. The average molecular weight is 418 g/mol. The number of rotatable bonds is 4. The molecule has 2 heterocycles. The lowest BCUT2D eigenvalue weighted by Gasteiger charge is -2.47. The molecule has 2 aliphatic heterocycles. The predicted octanol–water partition coefficient (Wildman–Crippen LogP) is 5.61. The van der Waals surface area contributed by atoms with E-state index in [4.69, 9.17) is 4.74 Å². The first-order valence-electron chi connectivity index (χ1n) is 10.9. The molecule has 4 rings (SSSR count). The van der Waals surface area contributed by atoms with Crippen LogP contribution in [0.3, 0.4) is 0 Å². The quantitative estimate of drug-likeness (QED) is 0.607. The number of carbonyl (C=O) groups is 1. The van der Waals surface area contributed by atoms with Crippen LogP contribution in [0.25, 0.3) is 6.08 Å². The number of nitrogens with zero attached hydrogens (tertiary/aromatic N) is 3. The van der Waals surface area contributed by atoms with E-state index in [0.717, 1.165) is 30.0 Å². The molecular weight excluding hydrogens is 386 g/mol. The molecule has 1 amide bonds. The van der Waals surface area contributed by atoms with E-state index in [1.54, 1.807) is 7.11 Å². The lowest BCUT2D eigenvalue weighted by atomic mass is 9.79. The summed E-state index contributed by atoms with van der Waals surface area (Å²) in [6.45, 7) is 11.9. The van der Waals surface area contributed by atoms with E-state index in [1.165, 1.54) is 16.3 Å². The molecule has 0 saturated heterocycles. The third kappa shape index (κ3) is 3.62. The van der Waals surface area contributed by atoms with Gasteiger partial charge in [-0.2, -0.15) is 10.1 Å². The number of para-hydroxylation sites is 1. The number of hydrazone groups is 1. The highest BCUT2D eigenvalue weighted by atomic mass is 16.5. The number of anilines is 2. The molecular formula is C26H31N3O2. The fourth-order valence-electron chi connectivity index (χ4n) is 5.00. The Labute approximate surface area is 185 Å². The molecule has 162 valence electrons. The minimum Gasteiger partial charge on any atom is -0.496 e. The standard InChI is InChI=1S/C26H31N3O2/c1-7-28-23-15-24(31-6)19(13-21(23)17(2)16-26(28,4)5)14-22-18(3)27-29(25(22)30)20-11-9-8-10-12-20/h8-15,17H,7,16H2,1-6H3/b22-14-. The zero-order valence-electron chi connectivity index (χ0n) is 19.3. The van der Waals surface area contributed by atoms with Crippen LogP contribution >= 0.6 is 0 Å². The molecule has 0 N–H and O–H groups in total. The number of benzene rings is 2. The fraction of sp³-hybridized carbons (Fsp3) is 0.385. The van der Waals surface area contributed by atoms with Gasteiger partial charge in [-0.05, 0) is 69.9 Å². The molecule has 2 aromatic carbocycles. The van der Waals surface area contributed by atoms with Crippen molar-refractivity contribution in [3.05, 3.63) is 59.2 Å². The third-order valence-corrected chi connectivity index (χ3v) is 6.42. The van der Waals surface area contributed by atoms with Gasteiger partial charge < -0.3 is 9.64 Å². The SMILES string of the molecule is CCN1c2cc(OC)c(/C=C3\C(=O)N(c4ccccc4)N=C3C)cc2C(C)CC1(C)C. The van der Waals surface area contributed by atoms with E-state index in [9.17, 15) is 4.79 Å². The second-order valence-electron chi connectivity index (χ2n) is 9.01. The number of ether oxygens (including phenoxy) is 1. The number of hydrogen-bond acceptors (Lipinski definition) is 4. The highest BCUT2D eigenvalue weighted by Crippen LogP contribution is 2.46. The van der Waals surface area contributed by atoms with Gasteiger partial charge in [-0.1, -0.05) is 25.1 Å². The zero-order valence-corrected chi connectivity index (χ0v) is 19.3. The van der Waals surface area contributed by atoms with E-state index in [2.05, 4.69) is 49.8 Å². The van der Waals surface area contributed by atoms with Crippen molar-refractivity contribution in [3.63, 3.8) is 0 Å². The van der Waals surface area contributed by atoms with Crippen LogP contribution in [0.1, 0.15) is 58.1 Å². The molecule has 0 spiro atoms. The molecule has 2 aromatic rings. The van der Waals surface area contributed by atoms with E-state index in [1.807, 2.05) is 43.3 Å². The lowest BCUT2D eigenvalue weighted by molar-refractivity contribution is -0.114. The lowest BCUT2D eigenvalue weighted by Crippen LogP contribution is -2.48. The monoisotopic (exact) mass is 417 g/mol. The predicted molar refractivity (Wildman–Crippen MR) is 128 cm³/mol. The summed E-state index contributed by atoms with van der Waals surface area (Å²) >= 11 is 0. The average Bonchev–Trinajstić information content (AvgIpc) is 3.02. The highest BCUT2D eigenvalue weighted by molar-refractivity contribution is 6.32. The van der Waals surface area contributed by atoms with Gasteiger partial charge in [0.1, 0.15) is 5.75 Å². The minimum atomic E-state index is -0.118. The summed E-state index contributed by atoms with van der Waals surface area (Å²) in [4.78, 5) is 15.6. The summed E-state index contributed by atoms with van der Waals surface area (Å²) in [7, 11) is 1.69. The number of fused-ring (bicyclic) bond motifs is 1. The number of amides is 1. The summed E-state index contributed by atoms with van der Waals surface area (Å²) in [5, 5.41) is 5.97. The van der Waals surface area contributed by atoms with E-state index in [-0.39, 0.29) is 11.4 Å². The maximum atomic E-state index is 13.2. The van der Waals surface area contributed by atoms with Gasteiger partial charge in [0.25, 0.3) is 5.91 Å². The van der Waals surface area contributed by atoms with Gasteiger partial charge in [0, 0.05) is 29.4 Å². The van der Waals surface area contributed by atoms with Crippen molar-refractivity contribution in [1.29, 1.82) is 0 Å². The second-order valence-corrected chi connectivity index (χ2v) is 9.01. The molecule has 0 saturated carbocycles. The number of carbonyl (C=O) groups excluding carboxylic acids is 1. The molecule has 2 aliphatic rings. The third-order valence-electron chi connectivity index (χ3n) is 6.42. The van der Waals surface area contributed by atoms with Crippen molar-refractivity contribution in [1.82, 2.24) is 0 Å². The molecule has 1 unspecified atom stereocenters. The molecule has 0 radical (unpaired) electrons. The molecule has 1 atom stereocenters. The molecule has 5 heteroatoms. The zero-order chi connectivity index (χ0) is 22.3. The van der Waals surface area contributed by atoms with Crippen LogP contribution in [0, 0.1) is 0 Å². The Bertz CT molecular complexity index is 1070. The molecule has 5 nitrogen and oxygen atoms in total. The van der Waals surface area contributed by atoms with E-state index >= 15 is 0 Å². The highest BCUT2D eigenvalue weighted by Gasteiger charge is 2.36. The smallest absolute Gasteiger partial charge is 0.280 e. The Balaban J connectivity index is 1.78. The summed E-state index contributed by atoms with van der Waals surface area (Å²) < 4.78 is 5.76. The van der Waals surface area contributed by atoms with E-state index < -0.39 is 0 Å². The van der Waals surface area contributed by atoms with Crippen LogP contribution in [-0.4, -0.2) is 30.8 Å². The van der Waals surface area contributed by atoms with E-state index in [0.29, 0.717) is 17.2 Å². The molecule has 0 aromatic heterocycles. The van der Waals surface area contributed by atoms with Crippen molar-refractivity contribution in [2.45, 2.75) is 52.5 Å². The van der Waals surface area contributed by atoms with Crippen molar-refractivity contribution in [2.24, 2.45) is 5.10 Å². The second kappa shape index (κ2) is 7.88. The Kier molecular flexibility index (Phi) is 5.38. The maximum absolute atomic E-state index is 13.2. The number of methoxy groups -OCH3 is 1. The maximum Gasteiger partial charge on any atom is 0.280 e. The molecule has 31 heavy (non-hydrogen) atoms. The van der Waals surface area contributed by atoms with Crippen molar-refractivity contribution < 1.29 is 9.53 Å². The summed E-state index contributed by atoms with van der Waals surface area (Å²) in [6, 6.07) is 13.8. The molecule has 0 bridgehead atoms. The van der Waals surface area contributed by atoms with Gasteiger partial charge in [-0.15, -0.1) is 0 Å². The Morgan fingerprint density at radius 1 is 1.23 bits per heavy atom. The van der Waals surface area contributed by atoms with Crippen LogP contribution in [0.4, 0.5) is 11.4 Å². The Morgan fingerprint density at radius 3 is 2.58 bits per heavy atom. The van der Waals surface area contributed by atoms with Crippen LogP contribution < -0.4 is 14.6 Å². The normalized spacial score (nSPS) is 21.4. The van der Waals surface area contributed by atoms with Crippen molar-refractivity contribution >= 4 is 29.1 Å². The summed E-state index contributed by atoms with van der Waals surface area (Å²) in [5.41, 5.74) is 5.59. The van der Waals surface area contributed by atoms with Crippen molar-refractivity contribution in [3.8, 4) is 5.75 Å². The number of hydrogen-bond donors (Lipinski definition) is 0. The van der Waals surface area contributed by atoms with Gasteiger partial charge in [-0.25, -0.2) is 0 Å².